The number of carboxylic acids is 1. The van der Waals surface area contributed by atoms with Crippen molar-refractivity contribution in [2.45, 2.75) is 32.4 Å². The number of carbonyl (C=O) groups is 2. The highest BCUT2D eigenvalue weighted by molar-refractivity contribution is 6.31. The highest BCUT2D eigenvalue weighted by Gasteiger charge is 2.10. The molecule has 0 radical (unpaired) electrons. The molecule has 20 nitrogen and oxygen atoms in total. The standard InChI is InChI=1S/C16H13ClN4O.C15H10ClN5.C11H9NO2.C5H6ClN3.C4H2Cl2N2.H4N2/c17-15-6-4-13(20-21-15)10-19-16(22)9-11-3-5-14-12(8-11)2-1-7-18-14;16-13-5-6-14-18-19-15(21(14)20-13)9-10-3-4-12-11(8-10)2-1-7-17-12;13-11(14)7-8-3-4-10-9(6-8)2-1-5-12-10;6-5-2-1-4(3-7)8-9-5;5-3-1-2-4(6)8-7-3;1-2/h1-8H,9-10H2,(H,19,22);1-8H,9H2;1-6H,7H2,(H,13,14);1-2H,3,7H2;1-2H;1-2H2. The fourth-order valence-electron chi connectivity index (χ4n) is 6.61. The zero-order valence-corrected chi connectivity index (χ0v) is 43.5. The summed E-state index contributed by atoms with van der Waals surface area (Å²) in [5.74, 6) is 7.88. The molecule has 0 spiro atoms. The van der Waals surface area contributed by atoms with E-state index in [9.17, 15) is 9.59 Å². The summed E-state index contributed by atoms with van der Waals surface area (Å²) in [6, 6.07) is 42.5. The van der Waals surface area contributed by atoms with Gasteiger partial charge in [-0.05, 0) is 120 Å². The minimum Gasteiger partial charge on any atom is -0.481 e. The third-order valence-corrected chi connectivity index (χ3v) is 11.0. The summed E-state index contributed by atoms with van der Waals surface area (Å²) < 4.78 is 1.68. The predicted octanol–water partition coefficient (Wildman–Crippen LogP) is 8.51. The molecule has 0 fully saturated rings. The van der Waals surface area contributed by atoms with Crippen molar-refractivity contribution in [3.63, 3.8) is 0 Å². The van der Waals surface area contributed by atoms with E-state index in [0.717, 1.165) is 60.9 Å². The Balaban J connectivity index is 0.000000161. The number of rotatable bonds is 9. The van der Waals surface area contributed by atoms with E-state index in [1.54, 1.807) is 77.7 Å². The molecule has 0 atom stereocenters. The molecular formula is C51H44Cl5N17O3. The Bertz CT molecular complexity index is 3600. The first-order valence-corrected chi connectivity index (χ1v) is 24.3. The molecule has 25 heteroatoms. The lowest BCUT2D eigenvalue weighted by molar-refractivity contribution is -0.136. The number of aliphatic carboxylic acids is 1. The number of nitrogens with two attached hydrogens (primary N) is 3. The van der Waals surface area contributed by atoms with Gasteiger partial charge in [-0.1, -0.05) is 94.4 Å². The van der Waals surface area contributed by atoms with Gasteiger partial charge in [-0.25, -0.2) is 0 Å². The molecule has 11 aromatic rings. The van der Waals surface area contributed by atoms with Gasteiger partial charge in [0.25, 0.3) is 0 Å². The second kappa shape index (κ2) is 29.7. The Hall–Kier alpha value is -8.05. The van der Waals surface area contributed by atoms with Crippen LogP contribution in [0.25, 0.3) is 38.4 Å². The average molecular weight is 1120 g/mol. The van der Waals surface area contributed by atoms with Crippen molar-refractivity contribution >= 4 is 108 Å². The van der Waals surface area contributed by atoms with Gasteiger partial charge in [0.1, 0.15) is 5.15 Å². The third kappa shape index (κ3) is 18.4. The minimum atomic E-state index is -0.812. The zero-order valence-electron chi connectivity index (χ0n) is 39.7. The summed E-state index contributed by atoms with van der Waals surface area (Å²) >= 11 is 27.8. The highest BCUT2D eigenvalue weighted by atomic mass is 35.5. The summed E-state index contributed by atoms with van der Waals surface area (Å²) in [7, 11) is 0. The number of carbonyl (C=O) groups excluding carboxylic acids is 1. The summed E-state index contributed by atoms with van der Waals surface area (Å²) in [5.41, 5.74) is 13.0. The number of hydrogen-bond acceptors (Lipinski definition) is 17. The normalized spacial score (nSPS) is 10.3. The van der Waals surface area contributed by atoms with Crippen LogP contribution in [0.3, 0.4) is 0 Å². The molecule has 76 heavy (non-hydrogen) atoms. The van der Waals surface area contributed by atoms with Gasteiger partial charge in [0.05, 0.1) is 47.3 Å². The summed E-state index contributed by atoms with van der Waals surface area (Å²) in [6.07, 6.45) is 6.27. The van der Waals surface area contributed by atoms with Gasteiger partial charge in [0, 0.05) is 47.7 Å². The third-order valence-electron chi connectivity index (χ3n) is 10.0. The Morgan fingerprint density at radius 1 is 0.500 bits per heavy atom. The lowest BCUT2D eigenvalue weighted by atomic mass is 10.1. The van der Waals surface area contributed by atoms with Crippen molar-refractivity contribution in [1.82, 2.24) is 70.7 Å². The van der Waals surface area contributed by atoms with Crippen molar-refractivity contribution in [2.75, 3.05) is 0 Å². The molecule has 8 N–H and O–H groups in total. The van der Waals surface area contributed by atoms with Crippen LogP contribution in [0.15, 0.2) is 158 Å². The van der Waals surface area contributed by atoms with E-state index in [-0.39, 0.29) is 12.3 Å². The Morgan fingerprint density at radius 3 is 1.42 bits per heavy atom. The molecular weight excluding hydrogens is 1080 g/mol. The van der Waals surface area contributed by atoms with Crippen LogP contribution in [0, 0.1) is 0 Å². The fraction of sp³-hybridized carbons (Fsp3) is 0.0980. The van der Waals surface area contributed by atoms with Crippen molar-refractivity contribution < 1.29 is 14.7 Å². The van der Waals surface area contributed by atoms with Crippen molar-refractivity contribution in [2.24, 2.45) is 17.4 Å². The van der Waals surface area contributed by atoms with E-state index >= 15 is 0 Å². The Kier molecular flexibility index (Phi) is 22.4. The second-order valence-electron chi connectivity index (χ2n) is 15.4. The molecule has 0 aliphatic rings. The minimum absolute atomic E-state index is 0.0604. The molecule has 386 valence electrons. The Labute approximate surface area is 458 Å². The largest absolute Gasteiger partial charge is 0.481 e. The monoisotopic (exact) mass is 1120 g/mol. The molecule has 8 aromatic heterocycles. The topological polar surface area (TPSA) is 304 Å². The molecule has 0 unspecified atom stereocenters. The van der Waals surface area contributed by atoms with Crippen LogP contribution in [0.1, 0.15) is 33.9 Å². The molecule has 0 saturated heterocycles. The molecule has 8 heterocycles. The van der Waals surface area contributed by atoms with Crippen LogP contribution in [0.4, 0.5) is 0 Å². The quantitative estimate of drug-likeness (QED) is 0.0668. The number of carboxylic acid groups (broad SMARTS) is 1. The van der Waals surface area contributed by atoms with Crippen LogP contribution in [-0.4, -0.2) is 82.3 Å². The predicted molar refractivity (Wildman–Crippen MR) is 293 cm³/mol. The maximum absolute atomic E-state index is 12.0. The first-order valence-electron chi connectivity index (χ1n) is 22.4. The first kappa shape index (κ1) is 57.2. The molecule has 11 rings (SSSR count). The second-order valence-corrected chi connectivity index (χ2v) is 17.3. The number of aromatic nitrogens is 13. The molecule has 3 aromatic carbocycles. The Morgan fingerprint density at radius 2 is 0.947 bits per heavy atom. The van der Waals surface area contributed by atoms with E-state index in [1.165, 1.54) is 0 Å². The van der Waals surface area contributed by atoms with E-state index in [0.29, 0.717) is 63.0 Å². The van der Waals surface area contributed by atoms with E-state index in [2.05, 4.69) is 83.9 Å². The van der Waals surface area contributed by atoms with Gasteiger partial charge in [-0.3, -0.25) is 36.2 Å². The van der Waals surface area contributed by atoms with Crippen LogP contribution in [0.2, 0.25) is 25.8 Å². The summed E-state index contributed by atoms with van der Waals surface area (Å²) in [5, 5.41) is 50.8. The van der Waals surface area contributed by atoms with E-state index < -0.39 is 5.97 Å². The van der Waals surface area contributed by atoms with Gasteiger partial charge in [-0.2, -0.15) is 19.8 Å². The number of fused-ring (bicyclic) bond motifs is 4. The smallest absolute Gasteiger partial charge is 0.307 e. The van der Waals surface area contributed by atoms with E-state index in [1.807, 2.05) is 78.9 Å². The summed E-state index contributed by atoms with van der Waals surface area (Å²) in [6.45, 7) is 0.738. The zero-order chi connectivity index (χ0) is 54.2. The number of hydrazine groups is 1. The maximum Gasteiger partial charge on any atom is 0.307 e. The van der Waals surface area contributed by atoms with Gasteiger partial charge < -0.3 is 16.2 Å². The van der Waals surface area contributed by atoms with Gasteiger partial charge in [0.15, 0.2) is 32.1 Å². The number of hydrogen-bond donors (Lipinski definition) is 5. The van der Waals surface area contributed by atoms with Gasteiger partial charge in [0.2, 0.25) is 5.91 Å². The molecule has 1 amide bonds. The highest BCUT2D eigenvalue weighted by Crippen LogP contribution is 2.18. The molecule has 0 saturated carbocycles. The van der Waals surface area contributed by atoms with Crippen molar-refractivity contribution in [1.29, 1.82) is 0 Å². The number of nitrogens with zero attached hydrogens (tertiary/aromatic N) is 13. The molecule has 0 aliphatic heterocycles. The maximum atomic E-state index is 12.0. The lowest BCUT2D eigenvalue weighted by Gasteiger charge is -2.05. The van der Waals surface area contributed by atoms with Crippen LogP contribution in [0.5, 0.6) is 0 Å². The summed E-state index contributed by atoms with van der Waals surface area (Å²) in [4.78, 5) is 35.2. The molecule has 0 aliphatic carbocycles. The first-order chi connectivity index (χ1) is 36.9. The van der Waals surface area contributed by atoms with Crippen LogP contribution >= 0.6 is 58.0 Å². The molecule has 0 bridgehead atoms. The van der Waals surface area contributed by atoms with Gasteiger partial charge in [-0.15, -0.1) is 30.6 Å². The number of amides is 1. The van der Waals surface area contributed by atoms with Gasteiger partial charge >= 0.3 is 5.97 Å². The fourth-order valence-corrected chi connectivity index (χ4v) is 7.15. The lowest BCUT2D eigenvalue weighted by Crippen LogP contribution is -2.25. The van der Waals surface area contributed by atoms with Crippen LogP contribution in [-0.2, 0) is 41.9 Å². The van der Waals surface area contributed by atoms with Crippen molar-refractivity contribution in [3.05, 3.63) is 218 Å². The van der Waals surface area contributed by atoms with Crippen LogP contribution < -0.4 is 22.7 Å². The average Bonchev–Trinajstić information content (AvgIpc) is 3.84. The SMILES string of the molecule is Clc1ccc(Cl)nn1.Clc1ccc2nnc(Cc3ccc4ncccc4c3)n2n1.NCc1ccc(Cl)nn1.NN.O=C(Cc1ccc2ncccc2c1)NCc1ccc(Cl)nn1.O=C(O)Cc1ccc2ncccc2c1. The number of pyridine rings is 3. The van der Waals surface area contributed by atoms with Crippen molar-refractivity contribution in [3.8, 4) is 0 Å². The number of benzene rings is 3. The van der Waals surface area contributed by atoms with E-state index in [4.69, 9.17) is 68.8 Å². The number of halogens is 5. The number of nitrogens with one attached hydrogen (secondary N) is 1.